The minimum absolute atomic E-state index is 0.107. The fraction of sp³-hybridized carbons (Fsp3) is 0.300. The summed E-state index contributed by atoms with van der Waals surface area (Å²) in [5.74, 6) is -14.9. The van der Waals surface area contributed by atoms with E-state index in [9.17, 15) is 47.9 Å². The second-order valence-electron chi connectivity index (χ2n) is 7.56. The molecular formula is C20H15F9O4S2. The number of halogens is 9. The molecular weight excluding hydrogens is 539 g/mol. The van der Waals surface area contributed by atoms with E-state index in [1.165, 1.54) is 12.1 Å². The van der Waals surface area contributed by atoms with Crippen LogP contribution in [0.25, 0.3) is 21.5 Å². The lowest BCUT2D eigenvalue weighted by Crippen LogP contribution is -2.63. The lowest BCUT2D eigenvalue weighted by Gasteiger charge is -2.38. The summed E-state index contributed by atoms with van der Waals surface area (Å²) in [4.78, 5) is 0. The van der Waals surface area contributed by atoms with Gasteiger partial charge >= 0.3 is 33.4 Å². The minimum Gasteiger partial charge on any atom is -0.390 e. The van der Waals surface area contributed by atoms with Gasteiger partial charge in [0.05, 0.1) is 0 Å². The highest BCUT2D eigenvalue weighted by atomic mass is 32.3. The number of benzene rings is 3. The predicted molar refractivity (Wildman–Crippen MR) is 112 cm³/mol. The molecule has 0 bridgehead atoms. The van der Waals surface area contributed by atoms with Crippen LogP contribution in [0, 0.1) is 0 Å². The number of hydrogen-bond donors (Lipinski definition) is 0. The van der Waals surface area contributed by atoms with Crippen molar-refractivity contribution in [2.45, 2.75) is 23.3 Å². The number of fused-ring (bicyclic) bond motifs is 2. The molecule has 0 aliphatic heterocycles. The van der Waals surface area contributed by atoms with Gasteiger partial charge in [-0.3, -0.25) is 0 Å². The van der Waals surface area contributed by atoms with Crippen molar-refractivity contribution in [2.24, 2.45) is 0 Å². The summed E-state index contributed by atoms with van der Waals surface area (Å²) in [5, 5.41) is -5.24. The van der Waals surface area contributed by atoms with Crippen molar-refractivity contribution in [2.75, 3.05) is 12.5 Å². The molecule has 35 heavy (non-hydrogen) atoms. The van der Waals surface area contributed by atoms with Crippen molar-refractivity contribution in [3.63, 3.8) is 0 Å². The zero-order valence-electron chi connectivity index (χ0n) is 17.5. The zero-order chi connectivity index (χ0) is 26.7. The fourth-order valence-corrected chi connectivity index (χ4v) is 6.25. The molecule has 0 saturated carbocycles. The maximum absolute atomic E-state index is 14.1. The van der Waals surface area contributed by atoms with Gasteiger partial charge in [0.15, 0.2) is 5.75 Å². The topological polar surface area (TPSA) is 52.6 Å². The molecule has 0 N–H and O–H groups in total. The largest absolute Gasteiger partial charge is 0.460 e. The Hall–Kier alpha value is -2.39. The second kappa shape index (κ2) is 8.34. The molecule has 0 spiro atoms. The van der Waals surface area contributed by atoms with Crippen LogP contribution in [0.5, 0.6) is 5.75 Å². The van der Waals surface area contributed by atoms with E-state index in [4.69, 9.17) is 4.18 Å². The van der Waals surface area contributed by atoms with Crippen LogP contribution in [-0.4, -0.2) is 44.2 Å². The summed E-state index contributed by atoms with van der Waals surface area (Å²) in [6, 6.07) is 14.4. The summed E-state index contributed by atoms with van der Waals surface area (Å²) in [7, 11) is -10.9. The molecule has 0 unspecified atom stereocenters. The Kier molecular flexibility index (Phi) is 6.48. The Morgan fingerprint density at radius 3 is 1.54 bits per heavy atom. The highest BCUT2D eigenvalue weighted by Crippen LogP contribution is 2.58. The molecule has 0 atom stereocenters. The van der Waals surface area contributed by atoms with E-state index in [1.807, 2.05) is 0 Å². The molecule has 0 aromatic heterocycles. The molecule has 0 radical (unpaired) electrons. The standard InChI is InChI=1S/C20H15F9O4S2/c1-34(2,33-35(30,31)20(28,29)18(23,24)17(21,22)19(25,26)27)32-16-14-9-5-3-7-12(14)11-13-8-4-6-10-15(13)16/h3-11H,1-2H3. The fourth-order valence-electron chi connectivity index (χ4n) is 3.05. The highest BCUT2D eigenvalue weighted by Gasteiger charge is 2.86. The van der Waals surface area contributed by atoms with Crippen molar-refractivity contribution in [1.82, 2.24) is 0 Å². The molecule has 0 heterocycles. The van der Waals surface area contributed by atoms with E-state index < -0.39 is 44.0 Å². The van der Waals surface area contributed by atoms with Gasteiger partial charge in [0.25, 0.3) is 0 Å². The Labute approximate surface area is 194 Å². The molecule has 4 nitrogen and oxygen atoms in total. The van der Waals surface area contributed by atoms with Crippen LogP contribution in [0.4, 0.5) is 39.5 Å². The molecule has 15 heteroatoms. The summed E-state index contributed by atoms with van der Waals surface area (Å²) < 4.78 is 153. The minimum atomic E-state index is -7.40. The van der Waals surface area contributed by atoms with Gasteiger partial charge in [-0.05, 0) is 16.8 Å². The van der Waals surface area contributed by atoms with Gasteiger partial charge in [0, 0.05) is 23.3 Å². The first-order valence-electron chi connectivity index (χ1n) is 9.24. The first kappa shape index (κ1) is 27.2. The van der Waals surface area contributed by atoms with E-state index in [0.29, 0.717) is 21.5 Å². The monoisotopic (exact) mass is 554 g/mol. The maximum atomic E-state index is 14.1. The van der Waals surface area contributed by atoms with Crippen molar-refractivity contribution in [1.29, 1.82) is 0 Å². The summed E-state index contributed by atoms with van der Waals surface area (Å²) in [6.45, 7) is 0. The van der Waals surface area contributed by atoms with E-state index in [0.717, 1.165) is 12.5 Å². The molecule has 194 valence electrons. The van der Waals surface area contributed by atoms with Gasteiger partial charge in [-0.1, -0.05) is 48.5 Å². The van der Waals surface area contributed by atoms with Gasteiger partial charge in [-0.15, -0.1) is 14.2 Å². The first-order chi connectivity index (χ1) is 15.8. The third-order valence-corrected chi connectivity index (χ3v) is 8.17. The molecule has 3 rings (SSSR count). The third-order valence-electron chi connectivity index (χ3n) is 4.69. The van der Waals surface area contributed by atoms with Gasteiger partial charge in [0.1, 0.15) is 0 Å². The number of hydrogen-bond acceptors (Lipinski definition) is 4. The lowest BCUT2D eigenvalue weighted by atomic mass is 10.0. The van der Waals surface area contributed by atoms with Crippen molar-refractivity contribution < 1.29 is 55.7 Å². The highest BCUT2D eigenvalue weighted by molar-refractivity contribution is 8.28. The van der Waals surface area contributed by atoms with Crippen LogP contribution in [0.3, 0.4) is 0 Å². The number of alkyl halides is 9. The summed E-state index contributed by atoms with van der Waals surface area (Å²) in [5.41, 5.74) is 0. The normalized spacial score (nSPS) is 14.9. The molecule has 3 aromatic carbocycles. The molecule has 0 aliphatic carbocycles. The Bertz CT molecular complexity index is 1320. The SMILES string of the molecule is CS(C)(Oc1c2ccccc2cc2ccccc12)OS(=O)(=O)C(F)(F)C(F)(F)C(F)(F)C(F)(F)F. The van der Waals surface area contributed by atoms with Crippen LogP contribution in [0.1, 0.15) is 0 Å². The Balaban J connectivity index is 2.05. The maximum Gasteiger partial charge on any atom is 0.460 e. The quantitative estimate of drug-likeness (QED) is 0.232. The molecule has 0 amide bonds. The molecule has 0 aliphatic rings. The van der Waals surface area contributed by atoms with Crippen LogP contribution < -0.4 is 4.18 Å². The molecule has 0 fully saturated rings. The average molecular weight is 554 g/mol. The predicted octanol–water partition coefficient (Wildman–Crippen LogP) is 7.04. The van der Waals surface area contributed by atoms with Crippen LogP contribution in [0.2, 0.25) is 0 Å². The molecule has 0 saturated heterocycles. The van der Waals surface area contributed by atoms with Gasteiger partial charge < -0.3 is 4.18 Å². The van der Waals surface area contributed by atoms with Crippen LogP contribution in [0.15, 0.2) is 54.6 Å². The third kappa shape index (κ3) is 4.48. The molecule has 3 aromatic rings. The van der Waals surface area contributed by atoms with Gasteiger partial charge in [-0.2, -0.15) is 47.9 Å². The lowest BCUT2D eigenvalue weighted by molar-refractivity contribution is -0.382. The van der Waals surface area contributed by atoms with E-state index in [-0.39, 0.29) is 5.75 Å². The van der Waals surface area contributed by atoms with Crippen molar-refractivity contribution in [3.05, 3.63) is 54.6 Å². The number of rotatable bonds is 7. The second-order valence-corrected chi connectivity index (χ2v) is 12.0. The van der Waals surface area contributed by atoms with Gasteiger partial charge in [0.2, 0.25) is 0 Å². The summed E-state index contributed by atoms with van der Waals surface area (Å²) in [6.07, 6.45) is -5.66. The zero-order valence-corrected chi connectivity index (χ0v) is 19.2. The van der Waals surface area contributed by atoms with E-state index >= 15 is 0 Å². The first-order valence-corrected chi connectivity index (χ1v) is 12.9. The van der Waals surface area contributed by atoms with Crippen LogP contribution in [-0.2, 0) is 13.7 Å². The smallest absolute Gasteiger partial charge is 0.390 e. The van der Waals surface area contributed by atoms with Gasteiger partial charge in [-0.25, -0.2) is 0 Å². The van der Waals surface area contributed by atoms with E-state index in [1.54, 1.807) is 42.5 Å². The van der Waals surface area contributed by atoms with Crippen molar-refractivity contribution >= 4 is 42.3 Å². The Morgan fingerprint density at radius 2 is 1.11 bits per heavy atom. The van der Waals surface area contributed by atoms with E-state index in [2.05, 4.69) is 3.63 Å². The van der Waals surface area contributed by atoms with Crippen molar-refractivity contribution in [3.8, 4) is 5.75 Å². The summed E-state index contributed by atoms with van der Waals surface area (Å²) >= 11 is 0. The average Bonchev–Trinajstić information content (AvgIpc) is 2.71. The Morgan fingerprint density at radius 1 is 0.686 bits per heavy atom. The van der Waals surface area contributed by atoms with Crippen LogP contribution >= 0.6 is 10.6 Å².